The Morgan fingerprint density at radius 1 is 1.83 bits per heavy atom. The Kier molecular flexibility index (Phi) is 4.26. The maximum Gasteiger partial charge on any atom is 0.121 e. The lowest BCUT2D eigenvalue weighted by atomic mass is 10.9. The molecule has 31 valence electrons. The molecular weight excluding hydrogens is 94.1 g/mol. The topological polar surface area (TPSA) is 23.8 Å². The van der Waals surface area contributed by atoms with E-state index in [1.807, 2.05) is 6.07 Å². The highest BCUT2D eigenvalue weighted by Gasteiger charge is 1.70. The van der Waals surface area contributed by atoms with Crippen molar-refractivity contribution in [2.75, 3.05) is 0 Å². The second-order valence-electron chi connectivity index (χ2n) is 0.550. The Morgan fingerprint density at radius 3 is 2.67 bits per heavy atom. The number of rotatable bonds is 2. The highest BCUT2D eigenvalue weighted by Crippen LogP contribution is 2.01. The average molecular weight is 98.1 g/mol. The summed E-state index contributed by atoms with van der Waals surface area (Å²) in [5, 5.41) is 9.42. The van der Waals surface area contributed by atoms with Crippen LogP contribution in [0.15, 0.2) is 12.0 Å². The zero-order chi connectivity index (χ0) is 4.83. The minimum absolute atomic E-state index is 1.29. The molecular formula is C4H4NS. The molecule has 0 aromatic rings. The van der Waals surface area contributed by atoms with E-state index in [1.54, 1.807) is 5.41 Å². The minimum atomic E-state index is 1.29. The van der Waals surface area contributed by atoms with Crippen LogP contribution in [0.4, 0.5) is 0 Å². The van der Waals surface area contributed by atoms with Gasteiger partial charge in [0.15, 0.2) is 0 Å². The zero-order valence-corrected chi connectivity index (χ0v) is 4.03. The molecule has 0 saturated heterocycles. The van der Waals surface area contributed by atoms with Crippen molar-refractivity contribution in [3.63, 3.8) is 0 Å². The Bertz CT molecular complexity index is 72.1. The monoisotopic (exact) mass is 98.0 g/mol. The van der Waals surface area contributed by atoms with Crippen molar-refractivity contribution in [1.82, 2.24) is 0 Å². The molecule has 2 heteroatoms. The van der Waals surface area contributed by atoms with Crippen LogP contribution in [-0.4, -0.2) is 0 Å². The van der Waals surface area contributed by atoms with E-state index in [2.05, 4.69) is 6.58 Å². The first kappa shape index (κ1) is 5.58. The lowest BCUT2D eigenvalue weighted by molar-refractivity contribution is 1.53. The first-order valence-corrected chi connectivity index (χ1v) is 2.33. The van der Waals surface area contributed by atoms with Crippen molar-refractivity contribution in [3.8, 4) is 6.07 Å². The lowest BCUT2D eigenvalue weighted by Crippen LogP contribution is -1.46. The van der Waals surface area contributed by atoms with Crippen molar-refractivity contribution in [2.24, 2.45) is 0 Å². The fourth-order valence-corrected chi connectivity index (χ4v) is 0.236. The second-order valence-corrected chi connectivity index (χ2v) is 1.39. The quantitative estimate of drug-likeness (QED) is 0.489. The summed E-state index contributed by atoms with van der Waals surface area (Å²) in [5.74, 6) is 1.41. The van der Waals surface area contributed by atoms with Gasteiger partial charge in [-0.15, -0.1) is 11.8 Å². The standard InChI is InChI=1S/C4H4NS/c1-2-6-4-3-5/h2,4H,1H2. The first-order valence-electron chi connectivity index (χ1n) is 1.39. The van der Waals surface area contributed by atoms with E-state index in [0.29, 0.717) is 0 Å². The summed E-state index contributed by atoms with van der Waals surface area (Å²) in [5.41, 5.74) is 0. The maximum absolute atomic E-state index is 7.82. The van der Waals surface area contributed by atoms with Crippen molar-refractivity contribution in [1.29, 1.82) is 5.26 Å². The maximum atomic E-state index is 7.82. The van der Waals surface area contributed by atoms with Crippen LogP contribution in [0.1, 0.15) is 0 Å². The van der Waals surface area contributed by atoms with E-state index in [-0.39, 0.29) is 0 Å². The second kappa shape index (κ2) is 4.58. The SMILES string of the molecule is C=CS[CH]C#N. The van der Waals surface area contributed by atoms with Crippen LogP contribution in [0.5, 0.6) is 0 Å². The van der Waals surface area contributed by atoms with Gasteiger partial charge in [-0.1, -0.05) is 6.58 Å². The number of nitrogens with zero attached hydrogens (tertiary/aromatic N) is 1. The minimum Gasteiger partial charge on any atom is -0.197 e. The molecule has 0 heterocycles. The van der Waals surface area contributed by atoms with Crippen molar-refractivity contribution in [3.05, 3.63) is 17.7 Å². The predicted molar refractivity (Wildman–Crippen MR) is 27.7 cm³/mol. The Labute approximate surface area is 41.7 Å². The number of hydrogen-bond acceptors (Lipinski definition) is 2. The molecule has 6 heavy (non-hydrogen) atoms. The van der Waals surface area contributed by atoms with Crippen LogP contribution in [0, 0.1) is 17.1 Å². The molecule has 1 radical (unpaired) electrons. The van der Waals surface area contributed by atoms with Crippen LogP contribution in [0.25, 0.3) is 0 Å². The molecule has 0 saturated carbocycles. The van der Waals surface area contributed by atoms with Gasteiger partial charge in [-0.25, -0.2) is 0 Å². The Morgan fingerprint density at radius 2 is 2.50 bits per heavy atom. The van der Waals surface area contributed by atoms with Crippen molar-refractivity contribution in [2.45, 2.75) is 0 Å². The molecule has 0 aromatic carbocycles. The lowest BCUT2D eigenvalue weighted by Gasteiger charge is -1.70. The summed E-state index contributed by atoms with van der Waals surface area (Å²) in [4.78, 5) is 0. The van der Waals surface area contributed by atoms with E-state index in [0.717, 1.165) is 0 Å². The molecule has 0 aliphatic rings. The third-order valence-electron chi connectivity index (χ3n) is 0.217. The van der Waals surface area contributed by atoms with E-state index in [9.17, 15) is 0 Å². The summed E-state index contributed by atoms with van der Waals surface area (Å²) < 4.78 is 0. The van der Waals surface area contributed by atoms with Gasteiger partial charge < -0.3 is 0 Å². The fraction of sp³-hybridized carbons (Fsp3) is 0. The zero-order valence-electron chi connectivity index (χ0n) is 3.22. The Balaban J connectivity index is 2.72. The largest absolute Gasteiger partial charge is 0.197 e. The average Bonchev–Trinajstić information content (AvgIpc) is 1.61. The number of thioether (sulfide) groups is 1. The number of nitriles is 1. The molecule has 0 atom stereocenters. The van der Waals surface area contributed by atoms with Crippen LogP contribution in [0.3, 0.4) is 0 Å². The van der Waals surface area contributed by atoms with Gasteiger partial charge in [-0.3, -0.25) is 0 Å². The van der Waals surface area contributed by atoms with E-state index in [1.165, 1.54) is 17.5 Å². The summed E-state index contributed by atoms with van der Waals surface area (Å²) in [6.45, 7) is 3.38. The van der Waals surface area contributed by atoms with Crippen LogP contribution in [0.2, 0.25) is 0 Å². The normalized spacial score (nSPS) is 6.50. The summed E-state index contributed by atoms with van der Waals surface area (Å²) in [6, 6.07) is 1.84. The molecule has 0 rings (SSSR count). The highest BCUT2D eigenvalue weighted by atomic mass is 32.2. The van der Waals surface area contributed by atoms with Gasteiger partial charge in [0.1, 0.15) is 5.75 Å². The van der Waals surface area contributed by atoms with Gasteiger partial charge >= 0.3 is 0 Å². The van der Waals surface area contributed by atoms with E-state index in [4.69, 9.17) is 5.26 Å². The number of hydrogen-bond donors (Lipinski definition) is 0. The molecule has 0 spiro atoms. The molecule has 0 aliphatic carbocycles. The van der Waals surface area contributed by atoms with Gasteiger partial charge in [0.05, 0.1) is 6.07 Å². The van der Waals surface area contributed by atoms with Gasteiger partial charge in [0, 0.05) is 0 Å². The first-order chi connectivity index (χ1) is 2.91. The molecule has 0 bridgehead atoms. The van der Waals surface area contributed by atoms with Crippen molar-refractivity contribution < 1.29 is 0 Å². The van der Waals surface area contributed by atoms with E-state index < -0.39 is 0 Å². The summed E-state index contributed by atoms with van der Waals surface area (Å²) in [6.07, 6.45) is 0. The van der Waals surface area contributed by atoms with E-state index >= 15 is 0 Å². The molecule has 0 fully saturated rings. The molecule has 0 N–H and O–H groups in total. The van der Waals surface area contributed by atoms with Gasteiger partial charge in [0.25, 0.3) is 0 Å². The van der Waals surface area contributed by atoms with Crippen LogP contribution >= 0.6 is 11.8 Å². The predicted octanol–water partition coefficient (Wildman–Crippen LogP) is 1.55. The third kappa shape index (κ3) is 3.58. The fourth-order valence-electron chi connectivity index (χ4n) is 0.0785. The van der Waals surface area contributed by atoms with Gasteiger partial charge in [0.2, 0.25) is 0 Å². The molecule has 0 amide bonds. The molecule has 1 nitrogen and oxygen atoms in total. The Hall–Kier alpha value is -0.420. The molecule has 0 unspecified atom stereocenters. The molecule has 0 aliphatic heterocycles. The molecule has 0 aromatic heterocycles. The smallest absolute Gasteiger partial charge is 0.121 e. The third-order valence-corrected chi connectivity index (χ3v) is 0.651. The summed E-state index contributed by atoms with van der Waals surface area (Å²) in [7, 11) is 0. The van der Waals surface area contributed by atoms with Crippen molar-refractivity contribution >= 4 is 11.8 Å². The highest BCUT2D eigenvalue weighted by molar-refractivity contribution is 8.04. The van der Waals surface area contributed by atoms with Crippen LogP contribution < -0.4 is 0 Å². The summed E-state index contributed by atoms with van der Waals surface area (Å²) >= 11 is 1.29. The van der Waals surface area contributed by atoms with Gasteiger partial charge in [-0.05, 0) is 5.41 Å². The van der Waals surface area contributed by atoms with Gasteiger partial charge in [-0.2, -0.15) is 5.26 Å². The van der Waals surface area contributed by atoms with Crippen LogP contribution in [-0.2, 0) is 0 Å².